The van der Waals surface area contributed by atoms with E-state index in [9.17, 15) is 4.79 Å². The molecular formula is C10H9NO2. The number of hydrogen-bond donors (Lipinski definition) is 0. The fourth-order valence-electron chi connectivity index (χ4n) is 1.06. The average molecular weight is 175 g/mol. The minimum Gasteiger partial charge on any atom is -0.427 e. The van der Waals surface area contributed by atoms with Crippen LogP contribution in [0.4, 0.5) is 5.69 Å². The molecule has 3 heteroatoms. The number of hydrogen-bond acceptors (Lipinski definition) is 3. The Morgan fingerprint density at radius 3 is 2.31 bits per heavy atom. The maximum Gasteiger partial charge on any atom is 0.308 e. The lowest BCUT2D eigenvalue weighted by Crippen LogP contribution is -2.01. The summed E-state index contributed by atoms with van der Waals surface area (Å²) in [4.78, 5) is 12.6. The Morgan fingerprint density at radius 1 is 1.23 bits per heavy atom. The zero-order chi connectivity index (χ0) is 9.26. The molecule has 13 heavy (non-hydrogen) atoms. The van der Waals surface area contributed by atoms with Crippen molar-refractivity contribution in [1.82, 2.24) is 0 Å². The number of esters is 1. The third-order valence-electron chi connectivity index (χ3n) is 1.69. The first-order valence-corrected chi connectivity index (χ1v) is 4.01. The molecule has 66 valence electrons. The Morgan fingerprint density at radius 2 is 1.85 bits per heavy atom. The van der Waals surface area contributed by atoms with E-state index >= 15 is 0 Å². The van der Waals surface area contributed by atoms with Gasteiger partial charge in [0.15, 0.2) is 0 Å². The lowest BCUT2D eigenvalue weighted by molar-refractivity contribution is -0.131. The van der Waals surface area contributed by atoms with Crippen molar-refractivity contribution in [2.45, 2.75) is 6.92 Å². The Bertz CT molecular complexity index is 348. The van der Waals surface area contributed by atoms with Gasteiger partial charge in [0.05, 0.1) is 0 Å². The zero-order valence-electron chi connectivity index (χ0n) is 7.23. The first kappa shape index (κ1) is 7.86. The van der Waals surface area contributed by atoms with Crippen LogP contribution >= 0.6 is 0 Å². The molecule has 0 N–H and O–H groups in total. The average Bonchev–Trinajstić information content (AvgIpc) is 2.87. The van der Waals surface area contributed by atoms with E-state index in [4.69, 9.17) is 4.74 Å². The van der Waals surface area contributed by atoms with Gasteiger partial charge in [0.2, 0.25) is 0 Å². The van der Waals surface area contributed by atoms with Gasteiger partial charge in [0, 0.05) is 25.0 Å². The van der Waals surface area contributed by atoms with Crippen molar-refractivity contribution in [3.05, 3.63) is 36.7 Å². The maximum absolute atomic E-state index is 10.6. The van der Waals surface area contributed by atoms with Gasteiger partial charge in [-0.05, 0) is 24.3 Å². The molecule has 0 radical (unpaired) electrons. The molecule has 0 spiro atoms. The lowest BCUT2D eigenvalue weighted by atomic mass is 10.3. The molecule has 0 fully saturated rings. The summed E-state index contributed by atoms with van der Waals surface area (Å²) in [7, 11) is 0. The molecule has 1 heterocycles. The molecular weight excluding hydrogens is 166 g/mol. The van der Waals surface area contributed by atoms with Gasteiger partial charge >= 0.3 is 5.97 Å². The highest BCUT2D eigenvalue weighted by atomic mass is 16.5. The maximum atomic E-state index is 10.6. The lowest BCUT2D eigenvalue weighted by Gasteiger charge is -2.04. The van der Waals surface area contributed by atoms with E-state index in [-0.39, 0.29) is 5.97 Å². The predicted octanol–water partition coefficient (Wildman–Crippen LogP) is 1.90. The van der Waals surface area contributed by atoms with Crippen molar-refractivity contribution in [2.75, 3.05) is 4.90 Å². The number of benzene rings is 1. The van der Waals surface area contributed by atoms with Crippen molar-refractivity contribution >= 4 is 11.7 Å². The standard InChI is InChI=1S/C10H9NO2/c1-8(12)13-10-4-2-9(3-5-10)11-6-7-11/h2-7H,1H3. The van der Waals surface area contributed by atoms with Crippen LogP contribution in [0.5, 0.6) is 5.75 Å². The number of nitrogens with zero attached hydrogens (tertiary/aromatic N) is 1. The number of carbonyl (C=O) groups is 1. The van der Waals surface area contributed by atoms with Crippen LogP contribution in [-0.2, 0) is 4.79 Å². The largest absolute Gasteiger partial charge is 0.427 e. The molecule has 0 aliphatic carbocycles. The monoisotopic (exact) mass is 175 g/mol. The first-order chi connectivity index (χ1) is 6.25. The highest BCUT2D eigenvalue weighted by molar-refractivity contribution is 5.70. The van der Waals surface area contributed by atoms with Gasteiger partial charge in [-0.3, -0.25) is 4.79 Å². The molecule has 1 aromatic rings. The zero-order valence-corrected chi connectivity index (χ0v) is 7.23. The summed E-state index contributed by atoms with van der Waals surface area (Å²) in [5.41, 5.74) is 1.08. The van der Waals surface area contributed by atoms with Crippen LogP contribution in [0.2, 0.25) is 0 Å². The van der Waals surface area contributed by atoms with Gasteiger partial charge in [-0.15, -0.1) is 0 Å². The van der Waals surface area contributed by atoms with Gasteiger partial charge < -0.3 is 9.64 Å². The van der Waals surface area contributed by atoms with E-state index in [2.05, 4.69) is 0 Å². The summed E-state index contributed by atoms with van der Waals surface area (Å²) >= 11 is 0. The molecule has 0 atom stereocenters. The molecule has 0 aromatic heterocycles. The van der Waals surface area contributed by atoms with Gasteiger partial charge in [-0.1, -0.05) is 0 Å². The minimum atomic E-state index is -0.294. The van der Waals surface area contributed by atoms with Crippen LogP contribution < -0.4 is 9.64 Å². The van der Waals surface area contributed by atoms with Gasteiger partial charge in [-0.2, -0.15) is 0 Å². The molecule has 1 aromatic carbocycles. The van der Waals surface area contributed by atoms with E-state index in [0.29, 0.717) is 5.75 Å². The minimum absolute atomic E-state index is 0.294. The van der Waals surface area contributed by atoms with E-state index in [0.717, 1.165) is 5.69 Å². The van der Waals surface area contributed by atoms with Crippen LogP contribution in [0.15, 0.2) is 36.7 Å². The van der Waals surface area contributed by atoms with E-state index < -0.39 is 0 Å². The molecule has 1 aliphatic heterocycles. The molecule has 3 nitrogen and oxygen atoms in total. The summed E-state index contributed by atoms with van der Waals surface area (Å²) in [5.74, 6) is 0.288. The summed E-state index contributed by atoms with van der Waals surface area (Å²) in [6.07, 6.45) is 3.92. The molecule has 0 bridgehead atoms. The third kappa shape index (κ3) is 1.87. The van der Waals surface area contributed by atoms with Crippen molar-refractivity contribution < 1.29 is 9.53 Å². The summed E-state index contributed by atoms with van der Waals surface area (Å²) in [5, 5.41) is 0. The third-order valence-corrected chi connectivity index (χ3v) is 1.69. The Labute approximate surface area is 76.2 Å². The van der Waals surface area contributed by atoms with Crippen LogP contribution in [0.1, 0.15) is 6.92 Å². The number of ether oxygens (including phenoxy) is 1. The van der Waals surface area contributed by atoms with Crippen LogP contribution in [-0.4, -0.2) is 5.97 Å². The number of carbonyl (C=O) groups excluding carboxylic acids is 1. The molecule has 2 rings (SSSR count). The Kier molecular flexibility index (Phi) is 1.77. The van der Waals surface area contributed by atoms with Gasteiger partial charge in [0.1, 0.15) is 5.75 Å². The second-order valence-corrected chi connectivity index (χ2v) is 2.79. The highest BCUT2D eigenvalue weighted by Crippen LogP contribution is 2.24. The molecule has 0 saturated heterocycles. The van der Waals surface area contributed by atoms with E-state index in [1.165, 1.54) is 6.92 Å². The Balaban J connectivity index is 2.09. The SMILES string of the molecule is CC(=O)Oc1ccc(N2C=C2)cc1. The van der Waals surface area contributed by atoms with Crippen molar-refractivity contribution in [3.8, 4) is 5.75 Å². The van der Waals surface area contributed by atoms with Crippen LogP contribution in [0.25, 0.3) is 0 Å². The van der Waals surface area contributed by atoms with E-state index in [1.807, 2.05) is 29.4 Å². The smallest absolute Gasteiger partial charge is 0.308 e. The van der Waals surface area contributed by atoms with Crippen molar-refractivity contribution in [1.29, 1.82) is 0 Å². The predicted molar refractivity (Wildman–Crippen MR) is 49.4 cm³/mol. The normalized spacial score (nSPS) is 12.8. The molecule has 1 aliphatic rings. The first-order valence-electron chi connectivity index (χ1n) is 4.01. The summed E-state index contributed by atoms with van der Waals surface area (Å²) < 4.78 is 4.89. The van der Waals surface area contributed by atoms with Gasteiger partial charge in [-0.25, -0.2) is 0 Å². The summed E-state index contributed by atoms with van der Waals surface area (Å²) in [6, 6.07) is 7.35. The topological polar surface area (TPSA) is 29.3 Å². The molecule has 0 saturated carbocycles. The van der Waals surface area contributed by atoms with Crippen LogP contribution in [0.3, 0.4) is 0 Å². The van der Waals surface area contributed by atoms with Crippen molar-refractivity contribution in [2.24, 2.45) is 0 Å². The molecule has 0 unspecified atom stereocenters. The van der Waals surface area contributed by atoms with E-state index in [1.54, 1.807) is 12.1 Å². The Hall–Kier alpha value is -1.77. The quantitative estimate of drug-likeness (QED) is 0.508. The highest BCUT2D eigenvalue weighted by Gasteiger charge is 2.08. The fourth-order valence-corrected chi connectivity index (χ4v) is 1.06. The second-order valence-electron chi connectivity index (χ2n) is 2.79. The summed E-state index contributed by atoms with van der Waals surface area (Å²) in [6.45, 7) is 1.39. The number of rotatable bonds is 2. The fraction of sp³-hybridized carbons (Fsp3) is 0.100. The second kappa shape index (κ2) is 2.94. The van der Waals surface area contributed by atoms with Gasteiger partial charge in [0.25, 0.3) is 0 Å². The van der Waals surface area contributed by atoms with Crippen LogP contribution in [0, 0.1) is 0 Å². The number of anilines is 1. The van der Waals surface area contributed by atoms with Crippen molar-refractivity contribution in [3.63, 3.8) is 0 Å². The molecule has 0 amide bonds.